The van der Waals surface area contributed by atoms with Gasteiger partial charge in [0.25, 0.3) is 5.91 Å². The smallest absolute Gasteiger partial charge is 0.272 e. The van der Waals surface area contributed by atoms with Crippen LogP contribution in [0.5, 0.6) is 0 Å². The highest BCUT2D eigenvalue weighted by Crippen LogP contribution is 2.20. The van der Waals surface area contributed by atoms with Crippen LogP contribution in [0.15, 0.2) is 72.5 Å². The van der Waals surface area contributed by atoms with Gasteiger partial charge >= 0.3 is 0 Å². The second-order valence-corrected chi connectivity index (χ2v) is 6.50. The maximum absolute atomic E-state index is 12.6. The van der Waals surface area contributed by atoms with E-state index in [1.54, 1.807) is 12.5 Å². The van der Waals surface area contributed by atoms with Crippen molar-refractivity contribution in [1.82, 2.24) is 24.3 Å². The van der Waals surface area contributed by atoms with Gasteiger partial charge in [0.15, 0.2) is 10.9 Å². The summed E-state index contributed by atoms with van der Waals surface area (Å²) in [6.45, 7) is 0.448. The van der Waals surface area contributed by atoms with Crippen LogP contribution >= 0.6 is 11.8 Å². The van der Waals surface area contributed by atoms with Crippen LogP contribution in [-0.4, -0.2) is 31.1 Å². The number of hydrogen-bond acceptors (Lipinski definition) is 4. The maximum atomic E-state index is 12.6. The van der Waals surface area contributed by atoms with Gasteiger partial charge in [-0.05, 0) is 36.1 Å². The van der Waals surface area contributed by atoms with E-state index in [-0.39, 0.29) is 5.91 Å². The molecular formula is C19H17N5OS. The fourth-order valence-corrected chi connectivity index (χ4v) is 3.32. The summed E-state index contributed by atoms with van der Waals surface area (Å²) in [4.78, 5) is 21.1. The number of pyridine rings is 1. The molecule has 3 aromatic heterocycles. The van der Waals surface area contributed by atoms with Crippen molar-refractivity contribution in [3.05, 3.63) is 78.6 Å². The third-order valence-electron chi connectivity index (χ3n) is 4.11. The van der Waals surface area contributed by atoms with Gasteiger partial charge < -0.3 is 9.88 Å². The molecule has 0 aliphatic rings. The van der Waals surface area contributed by atoms with E-state index in [0.29, 0.717) is 12.2 Å². The molecular weight excluding hydrogens is 346 g/mol. The van der Waals surface area contributed by atoms with Crippen molar-refractivity contribution in [2.75, 3.05) is 6.26 Å². The summed E-state index contributed by atoms with van der Waals surface area (Å²) in [5, 5.41) is 3.76. The summed E-state index contributed by atoms with van der Waals surface area (Å²) in [7, 11) is 0. The Hall–Kier alpha value is -3.06. The quantitative estimate of drug-likeness (QED) is 0.553. The molecule has 0 spiro atoms. The average molecular weight is 363 g/mol. The molecule has 0 bridgehead atoms. The Bertz CT molecular complexity index is 1040. The fourth-order valence-electron chi connectivity index (χ4n) is 2.78. The third kappa shape index (κ3) is 3.09. The van der Waals surface area contributed by atoms with E-state index < -0.39 is 0 Å². The number of aromatic nitrogens is 4. The predicted octanol–water partition coefficient (Wildman–Crippen LogP) is 3.17. The van der Waals surface area contributed by atoms with Gasteiger partial charge in [-0.25, -0.2) is 9.97 Å². The van der Waals surface area contributed by atoms with Crippen LogP contribution in [-0.2, 0) is 6.54 Å². The molecule has 7 heteroatoms. The van der Waals surface area contributed by atoms with Crippen molar-refractivity contribution in [2.45, 2.75) is 11.7 Å². The van der Waals surface area contributed by atoms with Crippen LogP contribution in [0.1, 0.15) is 16.1 Å². The zero-order valence-corrected chi connectivity index (χ0v) is 15.0. The van der Waals surface area contributed by atoms with Gasteiger partial charge in [-0.3, -0.25) is 9.20 Å². The van der Waals surface area contributed by atoms with Crippen molar-refractivity contribution >= 4 is 23.2 Å². The Labute approximate surface area is 154 Å². The number of benzene rings is 1. The monoisotopic (exact) mass is 363 g/mol. The number of carbonyl (C=O) groups excluding carboxylic acids is 1. The lowest BCUT2D eigenvalue weighted by molar-refractivity contribution is 0.0947. The van der Waals surface area contributed by atoms with Gasteiger partial charge in [-0.1, -0.05) is 30.0 Å². The standard InChI is InChI=1S/C19H17N5OS/c1-26-19-22-17(16-4-2-3-10-24(16)19)18(25)21-12-14-5-7-15(8-6-14)23-11-9-20-13-23/h2-11,13H,12H2,1H3,(H,21,25). The molecule has 0 aliphatic carbocycles. The van der Waals surface area contributed by atoms with E-state index in [1.807, 2.05) is 70.1 Å². The highest BCUT2D eigenvalue weighted by atomic mass is 32.2. The number of rotatable bonds is 5. The van der Waals surface area contributed by atoms with Crippen molar-refractivity contribution in [3.8, 4) is 5.69 Å². The van der Waals surface area contributed by atoms with E-state index in [9.17, 15) is 4.79 Å². The Balaban J connectivity index is 1.49. The molecule has 0 saturated carbocycles. The lowest BCUT2D eigenvalue weighted by atomic mass is 10.2. The molecule has 6 nitrogen and oxygen atoms in total. The highest BCUT2D eigenvalue weighted by molar-refractivity contribution is 7.98. The Morgan fingerprint density at radius 1 is 1.15 bits per heavy atom. The van der Waals surface area contributed by atoms with Crippen LogP contribution < -0.4 is 5.32 Å². The predicted molar refractivity (Wildman–Crippen MR) is 102 cm³/mol. The molecule has 0 atom stereocenters. The first-order valence-electron chi connectivity index (χ1n) is 8.13. The number of nitrogens with zero attached hydrogens (tertiary/aromatic N) is 4. The molecule has 1 aromatic carbocycles. The molecule has 4 aromatic rings. The van der Waals surface area contributed by atoms with E-state index in [0.717, 1.165) is 21.9 Å². The summed E-state index contributed by atoms with van der Waals surface area (Å²) in [6, 6.07) is 13.7. The molecule has 0 unspecified atom stereocenters. The first-order chi connectivity index (χ1) is 12.8. The SMILES string of the molecule is CSc1nc(C(=O)NCc2ccc(-n3ccnc3)cc2)c2ccccn12. The van der Waals surface area contributed by atoms with E-state index in [4.69, 9.17) is 0 Å². The molecule has 4 rings (SSSR count). The number of nitrogens with one attached hydrogen (secondary N) is 1. The lowest BCUT2D eigenvalue weighted by Crippen LogP contribution is -2.23. The highest BCUT2D eigenvalue weighted by Gasteiger charge is 2.16. The van der Waals surface area contributed by atoms with Gasteiger partial charge in [0.1, 0.15) is 0 Å². The summed E-state index contributed by atoms with van der Waals surface area (Å²) in [6.07, 6.45) is 9.26. The largest absolute Gasteiger partial charge is 0.347 e. The van der Waals surface area contributed by atoms with Crippen LogP contribution in [0.25, 0.3) is 11.2 Å². The van der Waals surface area contributed by atoms with Crippen LogP contribution in [0.4, 0.5) is 0 Å². The van der Waals surface area contributed by atoms with E-state index >= 15 is 0 Å². The summed E-state index contributed by atoms with van der Waals surface area (Å²) < 4.78 is 3.86. The summed E-state index contributed by atoms with van der Waals surface area (Å²) in [5.74, 6) is -0.173. The molecule has 0 fully saturated rings. The average Bonchev–Trinajstić information content (AvgIpc) is 3.34. The maximum Gasteiger partial charge on any atom is 0.272 e. The zero-order chi connectivity index (χ0) is 17.9. The molecule has 130 valence electrons. The number of imidazole rings is 2. The van der Waals surface area contributed by atoms with Gasteiger partial charge in [-0.2, -0.15) is 0 Å². The molecule has 0 aliphatic heterocycles. The normalized spacial score (nSPS) is 11.0. The summed E-state index contributed by atoms with van der Waals surface area (Å²) in [5.41, 5.74) is 3.31. The number of fused-ring (bicyclic) bond motifs is 1. The van der Waals surface area contributed by atoms with Crippen molar-refractivity contribution in [1.29, 1.82) is 0 Å². The molecule has 26 heavy (non-hydrogen) atoms. The first-order valence-corrected chi connectivity index (χ1v) is 9.35. The second kappa shape index (κ2) is 7.05. The lowest BCUT2D eigenvalue weighted by Gasteiger charge is -2.06. The number of hydrogen-bond donors (Lipinski definition) is 1. The number of amides is 1. The zero-order valence-electron chi connectivity index (χ0n) is 14.2. The molecule has 0 saturated heterocycles. The minimum absolute atomic E-state index is 0.173. The third-order valence-corrected chi connectivity index (χ3v) is 4.76. The van der Waals surface area contributed by atoms with E-state index in [2.05, 4.69) is 15.3 Å². The molecule has 1 N–H and O–H groups in total. The molecule has 3 heterocycles. The van der Waals surface area contributed by atoms with Crippen molar-refractivity contribution in [2.24, 2.45) is 0 Å². The first kappa shape index (κ1) is 16.4. The Morgan fingerprint density at radius 3 is 2.73 bits per heavy atom. The van der Waals surface area contributed by atoms with Crippen molar-refractivity contribution < 1.29 is 4.79 Å². The number of carbonyl (C=O) groups is 1. The van der Waals surface area contributed by atoms with Crippen LogP contribution in [0, 0.1) is 0 Å². The van der Waals surface area contributed by atoms with Gasteiger partial charge in [0.2, 0.25) is 0 Å². The van der Waals surface area contributed by atoms with Gasteiger partial charge in [0.05, 0.1) is 11.8 Å². The topological polar surface area (TPSA) is 64.2 Å². The van der Waals surface area contributed by atoms with Crippen LogP contribution in [0.3, 0.4) is 0 Å². The molecule has 0 radical (unpaired) electrons. The Kier molecular flexibility index (Phi) is 4.45. The minimum atomic E-state index is -0.173. The number of thioether (sulfide) groups is 1. The fraction of sp³-hybridized carbons (Fsp3) is 0.105. The van der Waals surface area contributed by atoms with Crippen LogP contribution in [0.2, 0.25) is 0 Å². The van der Waals surface area contributed by atoms with E-state index in [1.165, 1.54) is 11.8 Å². The molecule has 1 amide bonds. The van der Waals surface area contributed by atoms with Gasteiger partial charge in [0, 0.05) is 30.8 Å². The summed E-state index contributed by atoms with van der Waals surface area (Å²) >= 11 is 1.52. The minimum Gasteiger partial charge on any atom is -0.347 e. The van der Waals surface area contributed by atoms with Crippen molar-refractivity contribution in [3.63, 3.8) is 0 Å². The van der Waals surface area contributed by atoms with Gasteiger partial charge in [-0.15, -0.1) is 0 Å². The Morgan fingerprint density at radius 2 is 2.00 bits per heavy atom. The second-order valence-electron chi connectivity index (χ2n) is 5.72.